The summed E-state index contributed by atoms with van der Waals surface area (Å²) in [4.78, 5) is 0. The van der Waals surface area contributed by atoms with Crippen LogP contribution in [0.1, 0.15) is 84.1 Å². The summed E-state index contributed by atoms with van der Waals surface area (Å²) in [6.07, 6.45) is 12.5. The molecule has 0 N–H and O–H groups in total. The number of rotatable bonds is 10. The van der Waals surface area contributed by atoms with Crippen molar-refractivity contribution in [3.8, 4) is 0 Å². The van der Waals surface area contributed by atoms with Gasteiger partial charge in [0.2, 0.25) is 0 Å². The standard InChI is InChI=1S/C19H31/c1-4-5-6-7-8-9-10-14-17-19(2,3)18-15-12-11-13-16-18/h11-13,15H,4-10,14,17H2,1-3H3. The van der Waals surface area contributed by atoms with Crippen LogP contribution in [-0.2, 0) is 5.41 Å². The van der Waals surface area contributed by atoms with E-state index in [0.29, 0.717) is 0 Å². The molecule has 19 heavy (non-hydrogen) atoms. The van der Waals surface area contributed by atoms with Crippen LogP contribution in [-0.4, -0.2) is 0 Å². The summed E-state index contributed by atoms with van der Waals surface area (Å²) in [5.74, 6) is 0. The van der Waals surface area contributed by atoms with Gasteiger partial charge in [-0.25, -0.2) is 0 Å². The molecule has 0 fully saturated rings. The van der Waals surface area contributed by atoms with Gasteiger partial charge in [0.1, 0.15) is 0 Å². The first-order valence-corrected chi connectivity index (χ1v) is 8.14. The second kappa shape index (κ2) is 9.18. The monoisotopic (exact) mass is 259 g/mol. The SMILES string of the molecule is CCCCCCCCCCC(C)(C)c1[c]cccc1. The second-order valence-corrected chi connectivity index (χ2v) is 6.39. The molecule has 1 aromatic rings. The van der Waals surface area contributed by atoms with Gasteiger partial charge in [0.25, 0.3) is 0 Å². The average molecular weight is 259 g/mol. The third-order valence-electron chi connectivity index (χ3n) is 4.09. The molecule has 0 nitrogen and oxygen atoms in total. The first-order valence-electron chi connectivity index (χ1n) is 8.14. The summed E-state index contributed by atoms with van der Waals surface area (Å²) in [6.45, 7) is 6.98. The minimum Gasteiger partial charge on any atom is -0.0654 e. The Morgan fingerprint density at radius 2 is 1.53 bits per heavy atom. The Morgan fingerprint density at radius 1 is 0.895 bits per heavy atom. The molecule has 0 unspecified atom stereocenters. The van der Waals surface area contributed by atoms with Gasteiger partial charge in [-0.3, -0.25) is 0 Å². The first-order chi connectivity index (χ1) is 9.17. The Bertz CT molecular complexity index is 310. The van der Waals surface area contributed by atoms with Crippen LogP contribution >= 0.6 is 0 Å². The smallest absolute Gasteiger partial charge is 0.00974 e. The summed E-state index contributed by atoms with van der Waals surface area (Å²) < 4.78 is 0. The molecule has 0 heterocycles. The van der Waals surface area contributed by atoms with E-state index in [1.807, 2.05) is 6.07 Å². The normalized spacial score (nSPS) is 11.7. The maximum absolute atomic E-state index is 3.38. The van der Waals surface area contributed by atoms with Crippen molar-refractivity contribution >= 4 is 0 Å². The van der Waals surface area contributed by atoms with Crippen LogP contribution in [0.25, 0.3) is 0 Å². The Morgan fingerprint density at radius 3 is 2.11 bits per heavy atom. The van der Waals surface area contributed by atoms with E-state index in [1.165, 1.54) is 63.4 Å². The van der Waals surface area contributed by atoms with Crippen molar-refractivity contribution in [1.82, 2.24) is 0 Å². The topological polar surface area (TPSA) is 0 Å². The van der Waals surface area contributed by atoms with Crippen LogP contribution in [0, 0.1) is 6.07 Å². The Labute approximate surface area is 120 Å². The number of hydrogen-bond acceptors (Lipinski definition) is 0. The van der Waals surface area contributed by atoms with Crippen molar-refractivity contribution in [2.75, 3.05) is 0 Å². The zero-order valence-electron chi connectivity index (χ0n) is 13.2. The Balaban J connectivity index is 2.12. The largest absolute Gasteiger partial charge is 0.0654 e. The predicted molar refractivity (Wildman–Crippen MR) is 85.5 cm³/mol. The number of unbranched alkanes of at least 4 members (excludes halogenated alkanes) is 7. The Kier molecular flexibility index (Phi) is 7.86. The van der Waals surface area contributed by atoms with Crippen molar-refractivity contribution in [1.29, 1.82) is 0 Å². The van der Waals surface area contributed by atoms with Crippen LogP contribution in [0.5, 0.6) is 0 Å². The molecule has 0 saturated heterocycles. The van der Waals surface area contributed by atoms with E-state index in [0.717, 1.165) is 0 Å². The van der Waals surface area contributed by atoms with Crippen LogP contribution in [0.2, 0.25) is 0 Å². The zero-order chi connectivity index (χ0) is 14.0. The van der Waals surface area contributed by atoms with Gasteiger partial charge in [-0.05, 0) is 23.5 Å². The lowest BCUT2D eigenvalue weighted by Gasteiger charge is -2.25. The van der Waals surface area contributed by atoms with Gasteiger partial charge in [-0.1, -0.05) is 96.4 Å². The second-order valence-electron chi connectivity index (χ2n) is 6.39. The minimum absolute atomic E-state index is 0.281. The summed E-state index contributed by atoms with van der Waals surface area (Å²) in [7, 11) is 0. The van der Waals surface area contributed by atoms with E-state index >= 15 is 0 Å². The quantitative estimate of drug-likeness (QED) is 0.433. The fourth-order valence-electron chi connectivity index (χ4n) is 2.65. The summed E-state index contributed by atoms with van der Waals surface area (Å²) >= 11 is 0. The molecule has 0 aliphatic rings. The minimum atomic E-state index is 0.281. The van der Waals surface area contributed by atoms with E-state index in [4.69, 9.17) is 0 Å². The van der Waals surface area contributed by atoms with Crippen molar-refractivity contribution in [2.45, 2.75) is 84.0 Å². The van der Waals surface area contributed by atoms with Gasteiger partial charge in [0, 0.05) is 0 Å². The van der Waals surface area contributed by atoms with E-state index in [9.17, 15) is 0 Å². The molecule has 1 aromatic carbocycles. The van der Waals surface area contributed by atoms with E-state index < -0.39 is 0 Å². The highest BCUT2D eigenvalue weighted by molar-refractivity contribution is 5.21. The number of benzene rings is 1. The molecule has 0 aromatic heterocycles. The molecule has 0 heteroatoms. The van der Waals surface area contributed by atoms with E-state index in [-0.39, 0.29) is 5.41 Å². The van der Waals surface area contributed by atoms with Gasteiger partial charge in [0.15, 0.2) is 0 Å². The molecule has 0 spiro atoms. The molecule has 0 bridgehead atoms. The third kappa shape index (κ3) is 6.80. The third-order valence-corrected chi connectivity index (χ3v) is 4.09. The molecule has 1 radical (unpaired) electrons. The lowest BCUT2D eigenvalue weighted by molar-refractivity contribution is 0.441. The summed E-state index contributed by atoms with van der Waals surface area (Å²) in [5, 5.41) is 0. The van der Waals surface area contributed by atoms with Crippen LogP contribution in [0.4, 0.5) is 0 Å². The first kappa shape index (κ1) is 16.3. The molecule has 107 valence electrons. The highest BCUT2D eigenvalue weighted by Crippen LogP contribution is 2.28. The molecule has 0 aliphatic carbocycles. The van der Waals surface area contributed by atoms with E-state index in [1.54, 1.807) is 0 Å². The molecule has 1 rings (SSSR count). The van der Waals surface area contributed by atoms with Gasteiger partial charge in [-0.2, -0.15) is 0 Å². The fourth-order valence-corrected chi connectivity index (χ4v) is 2.65. The van der Waals surface area contributed by atoms with Crippen molar-refractivity contribution in [3.63, 3.8) is 0 Å². The van der Waals surface area contributed by atoms with Crippen LogP contribution in [0.3, 0.4) is 0 Å². The maximum atomic E-state index is 3.38. The lowest BCUT2D eigenvalue weighted by Crippen LogP contribution is -2.16. The maximum Gasteiger partial charge on any atom is -0.00974 e. The highest BCUT2D eigenvalue weighted by atomic mass is 14.2. The highest BCUT2D eigenvalue weighted by Gasteiger charge is 2.19. The van der Waals surface area contributed by atoms with Gasteiger partial charge in [-0.15, -0.1) is 0 Å². The van der Waals surface area contributed by atoms with Gasteiger partial charge in [0.05, 0.1) is 0 Å². The fraction of sp³-hybridized carbons (Fsp3) is 0.684. The lowest BCUT2D eigenvalue weighted by atomic mass is 9.80. The molecule has 0 aliphatic heterocycles. The van der Waals surface area contributed by atoms with Crippen molar-refractivity contribution < 1.29 is 0 Å². The molecule has 0 saturated carbocycles. The zero-order valence-corrected chi connectivity index (χ0v) is 13.2. The van der Waals surface area contributed by atoms with E-state index in [2.05, 4.69) is 45.0 Å². The average Bonchev–Trinajstić information content (AvgIpc) is 2.43. The summed E-state index contributed by atoms with van der Waals surface area (Å²) in [6, 6.07) is 11.8. The molecule has 0 atom stereocenters. The van der Waals surface area contributed by atoms with Crippen molar-refractivity contribution in [2.24, 2.45) is 0 Å². The van der Waals surface area contributed by atoms with Crippen LogP contribution < -0.4 is 0 Å². The van der Waals surface area contributed by atoms with Gasteiger partial charge < -0.3 is 0 Å². The molecular weight excluding hydrogens is 228 g/mol. The molecule has 0 amide bonds. The van der Waals surface area contributed by atoms with Gasteiger partial charge >= 0.3 is 0 Å². The number of hydrogen-bond donors (Lipinski definition) is 0. The molecular formula is C19H31. The summed E-state index contributed by atoms with van der Waals surface area (Å²) in [5.41, 5.74) is 1.64. The Hall–Kier alpha value is -0.780. The van der Waals surface area contributed by atoms with Crippen LogP contribution in [0.15, 0.2) is 24.3 Å². The predicted octanol–water partition coefficient (Wildman–Crippen LogP) is 6.30. The van der Waals surface area contributed by atoms with Crippen molar-refractivity contribution in [3.05, 3.63) is 35.9 Å².